The van der Waals surface area contributed by atoms with E-state index in [1.165, 1.54) is 22.9 Å². The van der Waals surface area contributed by atoms with Crippen molar-refractivity contribution < 1.29 is 28.6 Å². The van der Waals surface area contributed by atoms with E-state index in [0.29, 0.717) is 47.2 Å². The number of methoxy groups -OCH3 is 1. The lowest BCUT2D eigenvalue weighted by Crippen LogP contribution is -2.41. The molecular weight excluding hydrogens is 763 g/mol. The van der Waals surface area contributed by atoms with Crippen LogP contribution in [-0.2, 0) is 30.8 Å². The molecule has 4 aliphatic rings. The molecule has 4 aliphatic heterocycles. The zero-order chi connectivity index (χ0) is 40.9. The van der Waals surface area contributed by atoms with Gasteiger partial charge >= 0.3 is 0 Å². The number of para-hydroxylation sites is 2. The summed E-state index contributed by atoms with van der Waals surface area (Å²) >= 11 is 1.47. The predicted octanol–water partition coefficient (Wildman–Crippen LogP) is 7.51. The summed E-state index contributed by atoms with van der Waals surface area (Å²) in [6.45, 7) is 3.65. The van der Waals surface area contributed by atoms with Crippen LogP contribution >= 0.6 is 11.8 Å². The topological polar surface area (TPSA) is 104 Å². The summed E-state index contributed by atoms with van der Waals surface area (Å²) in [5.74, 6) is 1.88. The van der Waals surface area contributed by atoms with Crippen molar-refractivity contribution in [1.29, 1.82) is 0 Å². The first-order valence-electron chi connectivity index (χ1n) is 19.9. The molecule has 0 bridgehead atoms. The number of ether oxygens (including phenoxy) is 3. The third-order valence-electron chi connectivity index (χ3n) is 11.9. The van der Waals surface area contributed by atoms with Gasteiger partial charge in [-0.3, -0.25) is 14.4 Å². The van der Waals surface area contributed by atoms with Crippen molar-refractivity contribution in [3.05, 3.63) is 130 Å². The Morgan fingerprint density at radius 3 is 2.08 bits per heavy atom. The molecule has 1 N–H and O–H groups in total. The van der Waals surface area contributed by atoms with E-state index in [9.17, 15) is 14.4 Å². The molecule has 5 aromatic carbocycles. The molecule has 0 fully saturated rings. The van der Waals surface area contributed by atoms with Gasteiger partial charge in [0.15, 0.2) is 11.5 Å². The molecule has 59 heavy (non-hydrogen) atoms. The highest BCUT2D eigenvalue weighted by Crippen LogP contribution is 2.43. The SMILES string of the molecule is COc1cc2c(cc1OCc1cc(COc3cc4c(cc3C)C(=O)N3c5ccccc5C[C@H]3CN4)cc(N(C)C(=O)CSC)c1)N(C)C[C@@H]1Cc3ccccc3N1C2=O. The highest BCUT2D eigenvalue weighted by Gasteiger charge is 2.40. The molecule has 0 saturated heterocycles. The molecule has 4 heterocycles. The molecule has 0 radical (unpaired) electrons. The van der Waals surface area contributed by atoms with Crippen LogP contribution in [0.5, 0.6) is 17.2 Å². The first-order chi connectivity index (χ1) is 28.6. The fraction of sp³-hybridized carbons (Fsp3) is 0.298. The molecule has 0 saturated carbocycles. The van der Waals surface area contributed by atoms with Crippen molar-refractivity contribution in [3.8, 4) is 17.2 Å². The minimum atomic E-state index is -0.0577. The van der Waals surface area contributed by atoms with Gasteiger partial charge in [-0.2, -0.15) is 11.8 Å². The molecule has 11 nitrogen and oxygen atoms in total. The standard InChI is InChI=1S/C47H47N5O6S/c1-28-14-36-38(48-23-34-18-31-10-6-8-12-39(31)51(34)46(36)54)21-42(28)57-25-29-15-30(17-33(16-29)50(3)45(53)27-59-5)26-58-44-22-41-37(20-43(44)56-4)47(55)52-35(24-49(41)2)19-32-11-7-9-13-40(32)52/h6-17,20-22,34-35,48H,18-19,23-27H2,1-5H3/t34-,35-/m0/s1. The lowest BCUT2D eigenvalue weighted by Gasteiger charge is -2.25. The molecule has 0 aliphatic carbocycles. The van der Waals surface area contributed by atoms with E-state index in [2.05, 4.69) is 22.3 Å². The molecule has 2 atom stereocenters. The Labute approximate surface area is 348 Å². The smallest absolute Gasteiger partial charge is 0.260 e. The number of fused-ring (bicyclic) bond motifs is 8. The number of carbonyl (C=O) groups is 3. The van der Waals surface area contributed by atoms with Gasteiger partial charge in [0, 0.05) is 56.4 Å². The van der Waals surface area contributed by atoms with Crippen LogP contribution in [-0.4, -0.2) is 76.1 Å². The summed E-state index contributed by atoms with van der Waals surface area (Å²) in [4.78, 5) is 48.8. The summed E-state index contributed by atoms with van der Waals surface area (Å²) in [7, 11) is 5.36. The van der Waals surface area contributed by atoms with E-state index in [1.54, 1.807) is 25.1 Å². The van der Waals surface area contributed by atoms with Crippen molar-refractivity contribution in [1.82, 2.24) is 0 Å². The lowest BCUT2D eigenvalue weighted by atomic mass is 10.1. The quantitative estimate of drug-likeness (QED) is 0.154. The second kappa shape index (κ2) is 15.6. The number of hydrogen-bond donors (Lipinski definition) is 1. The molecule has 12 heteroatoms. The summed E-state index contributed by atoms with van der Waals surface area (Å²) in [5.41, 5.74) is 10.3. The zero-order valence-corrected chi connectivity index (χ0v) is 34.7. The number of thioether (sulfide) groups is 1. The second-order valence-corrected chi connectivity index (χ2v) is 16.6. The Morgan fingerprint density at radius 2 is 1.41 bits per heavy atom. The van der Waals surface area contributed by atoms with Crippen LogP contribution in [0.3, 0.4) is 0 Å². The van der Waals surface area contributed by atoms with E-state index < -0.39 is 0 Å². The first-order valence-corrected chi connectivity index (χ1v) is 21.3. The normalized spacial score (nSPS) is 17.4. The van der Waals surface area contributed by atoms with Gasteiger partial charge in [-0.15, -0.1) is 0 Å². The number of nitrogens with one attached hydrogen (secondary N) is 1. The third kappa shape index (κ3) is 6.98. The number of nitrogens with zero attached hydrogens (tertiary/aromatic N) is 4. The Balaban J connectivity index is 0.972. The third-order valence-corrected chi connectivity index (χ3v) is 12.5. The molecule has 0 unspecified atom stereocenters. The average molecular weight is 810 g/mol. The Morgan fingerprint density at radius 1 is 0.780 bits per heavy atom. The number of benzene rings is 5. The van der Waals surface area contributed by atoms with Crippen molar-refractivity contribution >= 4 is 57.9 Å². The van der Waals surface area contributed by atoms with Gasteiger partial charge < -0.3 is 39.1 Å². The van der Waals surface area contributed by atoms with Crippen molar-refractivity contribution in [2.24, 2.45) is 0 Å². The first kappa shape index (κ1) is 38.4. The fourth-order valence-electron chi connectivity index (χ4n) is 8.95. The summed E-state index contributed by atoms with van der Waals surface area (Å²) in [6.07, 6.45) is 3.52. The molecule has 302 valence electrons. The van der Waals surface area contributed by atoms with Crippen molar-refractivity contribution in [2.45, 2.75) is 45.1 Å². The molecule has 9 rings (SSSR count). The minimum absolute atomic E-state index is 0.0136. The Hall–Kier alpha value is -6.14. The number of hydrogen-bond acceptors (Lipinski definition) is 9. The zero-order valence-electron chi connectivity index (χ0n) is 33.9. The summed E-state index contributed by atoms with van der Waals surface area (Å²) < 4.78 is 18.8. The molecule has 5 aromatic rings. The minimum Gasteiger partial charge on any atom is -0.493 e. The van der Waals surface area contributed by atoms with Gasteiger partial charge in [-0.25, -0.2) is 0 Å². The van der Waals surface area contributed by atoms with Crippen molar-refractivity contribution in [2.75, 3.05) is 71.2 Å². The highest BCUT2D eigenvalue weighted by atomic mass is 32.2. The van der Waals surface area contributed by atoms with Crippen LogP contribution < -0.4 is 39.1 Å². The second-order valence-electron chi connectivity index (χ2n) is 15.7. The number of aryl methyl sites for hydroxylation is 1. The van der Waals surface area contributed by atoms with Gasteiger partial charge in [0.1, 0.15) is 19.0 Å². The number of rotatable bonds is 10. The molecule has 0 spiro atoms. The lowest BCUT2D eigenvalue weighted by molar-refractivity contribution is -0.115. The van der Waals surface area contributed by atoms with Crippen LogP contribution in [0.25, 0.3) is 0 Å². The average Bonchev–Trinajstić information content (AvgIpc) is 3.74. The van der Waals surface area contributed by atoms with Gasteiger partial charge in [-0.05, 0) is 96.3 Å². The van der Waals surface area contributed by atoms with Crippen molar-refractivity contribution in [3.63, 3.8) is 0 Å². The van der Waals surface area contributed by atoms with E-state index >= 15 is 0 Å². The van der Waals surface area contributed by atoms with Crippen LogP contribution in [0.15, 0.2) is 91.0 Å². The maximum Gasteiger partial charge on any atom is 0.260 e. The number of likely N-dealkylation sites (N-methyl/N-ethyl adjacent to an activating group) is 1. The largest absolute Gasteiger partial charge is 0.493 e. The van der Waals surface area contributed by atoms with Gasteiger partial charge in [-0.1, -0.05) is 36.4 Å². The van der Waals surface area contributed by atoms with E-state index in [4.69, 9.17) is 14.2 Å². The summed E-state index contributed by atoms with van der Waals surface area (Å²) in [6, 6.07) is 29.7. The van der Waals surface area contributed by atoms with E-state index in [0.717, 1.165) is 58.0 Å². The monoisotopic (exact) mass is 809 g/mol. The molecule has 3 amide bonds. The number of amides is 3. The fourth-order valence-corrected chi connectivity index (χ4v) is 9.39. The summed E-state index contributed by atoms with van der Waals surface area (Å²) in [5, 5.41) is 3.53. The number of carbonyl (C=O) groups excluding carboxylic acids is 3. The molecule has 0 aromatic heterocycles. The van der Waals surface area contributed by atoms with Gasteiger partial charge in [0.2, 0.25) is 5.91 Å². The van der Waals surface area contributed by atoms with Gasteiger partial charge in [0.05, 0.1) is 47.4 Å². The predicted molar refractivity (Wildman–Crippen MR) is 234 cm³/mol. The van der Waals surface area contributed by atoms with Crippen LogP contribution in [0.4, 0.5) is 28.4 Å². The van der Waals surface area contributed by atoms with Gasteiger partial charge in [0.25, 0.3) is 11.8 Å². The number of anilines is 5. The Bertz CT molecular complexity index is 2510. The maximum absolute atomic E-state index is 14.1. The van der Waals surface area contributed by atoms with Crippen LogP contribution in [0, 0.1) is 6.92 Å². The van der Waals surface area contributed by atoms with E-state index in [-0.39, 0.29) is 43.0 Å². The van der Waals surface area contributed by atoms with Crippen LogP contribution in [0.1, 0.15) is 48.5 Å². The van der Waals surface area contributed by atoms with Crippen LogP contribution in [0.2, 0.25) is 0 Å². The maximum atomic E-state index is 14.1. The molecular formula is C47H47N5O6S. The Kier molecular flexibility index (Phi) is 10.1. The van der Waals surface area contributed by atoms with E-state index in [1.807, 2.05) is 103 Å². The highest BCUT2D eigenvalue weighted by molar-refractivity contribution is 7.99.